The van der Waals surface area contributed by atoms with Gasteiger partial charge in [-0.05, 0) is 104 Å². The van der Waals surface area contributed by atoms with Gasteiger partial charge in [-0.2, -0.15) is 18.3 Å². The van der Waals surface area contributed by atoms with E-state index in [4.69, 9.17) is 4.79 Å². The third kappa shape index (κ3) is 20.8. The Labute approximate surface area is 460 Å². The van der Waals surface area contributed by atoms with Crippen LogP contribution in [0.4, 0.5) is 24.5 Å². The third-order valence-electron chi connectivity index (χ3n) is 13.9. The van der Waals surface area contributed by atoms with Gasteiger partial charge >= 0.3 is 6.18 Å². The van der Waals surface area contributed by atoms with E-state index in [0.29, 0.717) is 87.2 Å². The molecule has 3 aromatic carbocycles. The lowest BCUT2D eigenvalue weighted by molar-refractivity contribution is -0.109. The zero-order valence-corrected chi connectivity index (χ0v) is 46.6. The summed E-state index contributed by atoms with van der Waals surface area (Å²) in [4.78, 5) is 69.1. The van der Waals surface area contributed by atoms with Crippen LogP contribution in [0.1, 0.15) is 102 Å². The number of likely N-dealkylation sites (tertiary alicyclic amines) is 1. The number of allylic oxidation sites excluding steroid dienone is 1. The molecule has 7 rings (SSSR count). The molecule has 3 fully saturated rings. The van der Waals surface area contributed by atoms with Crippen molar-refractivity contribution in [2.75, 3.05) is 97.4 Å². The number of carbonyl (C=O) groups is 5. The summed E-state index contributed by atoms with van der Waals surface area (Å²) in [5, 5.41) is 12.6. The summed E-state index contributed by atoms with van der Waals surface area (Å²) in [6, 6.07) is 20.9. The van der Waals surface area contributed by atoms with Crippen LogP contribution in [0.5, 0.6) is 0 Å². The van der Waals surface area contributed by atoms with Crippen LogP contribution in [0, 0.1) is 0 Å². The van der Waals surface area contributed by atoms with Gasteiger partial charge in [0.15, 0.2) is 0 Å². The van der Waals surface area contributed by atoms with E-state index < -0.39 is 11.7 Å². The number of aldehydes is 2. The largest absolute Gasteiger partial charge is 0.418 e. The Balaban J connectivity index is 0.000000825. The Kier molecular flexibility index (Phi) is 27.7. The number of piperazine rings is 1. The second-order valence-corrected chi connectivity index (χ2v) is 19.7. The molecular formula is C59H82F3N11O5. The van der Waals surface area contributed by atoms with E-state index in [1.807, 2.05) is 68.5 Å². The van der Waals surface area contributed by atoms with Gasteiger partial charge in [0.2, 0.25) is 12.8 Å². The first-order valence-electron chi connectivity index (χ1n) is 26.9. The average Bonchev–Trinajstić information content (AvgIpc) is 3.46. The SMILES string of the molecule is C1CCC1.C=N/N=C\N(C)CCc1cccc(N(C=O)/C=C2/C(C(F)(F)F)=CC(CN3CCC(N(C)C(=O)c4ccc(CN5CCN(c6ccc(C=O)c(CNC)c6)CC5)cc4)CC3)=CN2C)c1.CCCCC=O.CNC=O. The summed E-state index contributed by atoms with van der Waals surface area (Å²) in [5.41, 5.74) is 5.43. The number of unbranched alkanes of at least 4 members (excludes halogenated alkanes) is 2. The number of likely N-dealkylation sites (N-methyl/N-ethyl adjacent to an activating group) is 2. The summed E-state index contributed by atoms with van der Waals surface area (Å²) in [6.07, 6.45) is 14.8. The molecular weight excluding hydrogens is 1000 g/mol. The Morgan fingerprint density at radius 2 is 1.53 bits per heavy atom. The maximum Gasteiger partial charge on any atom is 0.418 e. The first-order valence-corrected chi connectivity index (χ1v) is 26.9. The molecule has 78 heavy (non-hydrogen) atoms. The van der Waals surface area contributed by atoms with Crippen LogP contribution >= 0.6 is 0 Å². The highest BCUT2D eigenvalue weighted by Gasteiger charge is 2.39. The van der Waals surface area contributed by atoms with Gasteiger partial charge in [-0.15, -0.1) is 5.10 Å². The Morgan fingerprint density at radius 3 is 2.08 bits per heavy atom. The van der Waals surface area contributed by atoms with Crippen molar-refractivity contribution in [3.63, 3.8) is 0 Å². The number of amides is 3. The van der Waals surface area contributed by atoms with E-state index in [1.165, 1.54) is 47.8 Å². The number of benzene rings is 3. The van der Waals surface area contributed by atoms with Crippen molar-refractivity contribution >= 4 is 55.7 Å². The van der Waals surface area contributed by atoms with Gasteiger partial charge in [-0.1, -0.05) is 63.3 Å². The minimum Gasteiger partial charge on any atom is -0.369 e. The zero-order valence-electron chi connectivity index (χ0n) is 46.6. The van der Waals surface area contributed by atoms with Crippen molar-refractivity contribution in [2.45, 2.75) is 96.4 Å². The van der Waals surface area contributed by atoms with Crippen molar-refractivity contribution < 1.29 is 37.1 Å². The number of nitrogens with one attached hydrogen (secondary N) is 2. The van der Waals surface area contributed by atoms with Gasteiger partial charge in [0.05, 0.1) is 11.3 Å². The average molecular weight is 1080 g/mol. The smallest absolute Gasteiger partial charge is 0.369 e. The summed E-state index contributed by atoms with van der Waals surface area (Å²) in [5.74, 6) is -0.0544. The molecule has 0 unspecified atom stereocenters. The molecule has 0 atom stereocenters. The normalized spacial score (nSPS) is 16.3. The quantitative estimate of drug-likeness (QED) is 0.0328. The van der Waals surface area contributed by atoms with Gasteiger partial charge in [0.1, 0.15) is 18.9 Å². The fourth-order valence-corrected chi connectivity index (χ4v) is 8.99. The van der Waals surface area contributed by atoms with E-state index >= 15 is 0 Å². The van der Waals surface area contributed by atoms with E-state index in [1.54, 1.807) is 49.7 Å². The second-order valence-electron chi connectivity index (χ2n) is 19.7. The molecule has 3 aliphatic heterocycles. The van der Waals surface area contributed by atoms with Crippen molar-refractivity contribution in [1.82, 2.24) is 35.1 Å². The number of hydrogen-bond donors (Lipinski definition) is 2. The number of anilines is 2. The number of rotatable bonds is 22. The number of alkyl halides is 3. The maximum absolute atomic E-state index is 14.6. The molecule has 1 saturated carbocycles. The monoisotopic (exact) mass is 1080 g/mol. The van der Waals surface area contributed by atoms with E-state index in [0.717, 1.165) is 86.9 Å². The van der Waals surface area contributed by atoms with Crippen molar-refractivity contribution in [1.29, 1.82) is 0 Å². The van der Waals surface area contributed by atoms with E-state index in [9.17, 15) is 32.3 Å². The molecule has 2 N–H and O–H groups in total. The summed E-state index contributed by atoms with van der Waals surface area (Å²) < 4.78 is 43.9. The summed E-state index contributed by atoms with van der Waals surface area (Å²) in [7, 11) is 8.65. The fraction of sp³-hybridized carbons (Fsp3) is 0.475. The molecule has 0 bridgehead atoms. The number of hydrogen-bond acceptors (Lipinski definition) is 12. The van der Waals surface area contributed by atoms with Gasteiger partial charge in [-0.25, -0.2) is 0 Å². The number of carbonyl (C=O) groups excluding carboxylic acids is 5. The van der Waals surface area contributed by atoms with Crippen LogP contribution in [0.25, 0.3) is 0 Å². The second kappa shape index (κ2) is 34.0. The molecule has 1 aliphatic carbocycles. The van der Waals surface area contributed by atoms with Crippen molar-refractivity contribution in [3.05, 3.63) is 130 Å². The lowest BCUT2D eigenvalue weighted by Gasteiger charge is -2.38. The highest BCUT2D eigenvalue weighted by atomic mass is 19.4. The molecule has 0 aromatic heterocycles. The highest BCUT2D eigenvalue weighted by molar-refractivity contribution is 5.94. The van der Waals surface area contributed by atoms with E-state index in [2.05, 4.69) is 55.2 Å². The minimum absolute atomic E-state index is 0.000332. The molecule has 4 aliphatic rings. The fourth-order valence-electron chi connectivity index (χ4n) is 8.99. The van der Waals surface area contributed by atoms with Gasteiger partial charge in [0.25, 0.3) is 5.91 Å². The number of piperidine rings is 1. The van der Waals surface area contributed by atoms with Crippen LogP contribution in [0.2, 0.25) is 0 Å². The van der Waals surface area contributed by atoms with Crippen molar-refractivity contribution in [3.8, 4) is 0 Å². The zero-order chi connectivity index (χ0) is 56.9. The summed E-state index contributed by atoms with van der Waals surface area (Å²) in [6.45, 7) is 12.5. The molecule has 2 saturated heterocycles. The van der Waals surface area contributed by atoms with Gasteiger partial charge in [-0.3, -0.25) is 33.9 Å². The lowest BCUT2D eigenvalue weighted by atomic mass is 10.00. The lowest BCUT2D eigenvalue weighted by Crippen LogP contribution is -2.46. The maximum atomic E-state index is 14.6. The predicted molar refractivity (Wildman–Crippen MR) is 307 cm³/mol. The topological polar surface area (TPSA) is 157 Å². The van der Waals surface area contributed by atoms with Crippen LogP contribution in [0.15, 0.2) is 112 Å². The summed E-state index contributed by atoms with van der Waals surface area (Å²) >= 11 is 0. The van der Waals surface area contributed by atoms with Gasteiger partial charge in [0, 0.05) is 148 Å². The first kappa shape index (κ1) is 63.6. The molecule has 0 radical (unpaired) electrons. The third-order valence-corrected chi connectivity index (χ3v) is 13.9. The molecule has 19 heteroatoms. The Morgan fingerprint density at radius 1 is 0.859 bits per heavy atom. The number of nitrogens with zero attached hydrogens (tertiary/aromatic N) is 9. The van der Waals surface area contributed by atoms with Crippen molar-refractivity contribution in [2.24, 2.45) is 10.2 Å². The molecule has 3 heterocycles. The van der Waals surface area contributed by atoms with Crippen LogP contribution in [0.3, 0.4) is 0 Å². The predicted octanol–water partition coefficient (Wildman–Crippen LogP) is 8.32. The molecule has 3 aromatic rings. The molecule has 16 nitrogen and oxygen atoms in total. The molecule has 0 spiro atoms. The van der Waals surface area contributed by atoms with Gasteiger partial charge < -0.3 is 35.0 Å². The molecule has 3 amide bonds. The highest BCUT2D eigenvalue weighted by Crippen LogP contribution is 2.37. The first-order chi connectivity index (χ1) is 37.6. The van der Waals surface area contributed by atoms with Crippen LogP contribution in [-0.2, 0) is 33.9 Å². The van der Waals surface area contributed by atoms with Crippen LogP contribution in [-0.4, -0.2) is 169 Å². The minimum atomic E-state index is -4.67. The van der Waals surface area contributed by atoms with E-state index in [-0.39, 0.29) is 17.6 Å². The standard InChI is InChI=1S/C48H59F3N10O3.C5H10O.C4H8.C2H5NO/c1-52-28-41-27-44(14-13-40(41)33-62)60-23-21-59(22-24-60)30-37-9-11-39(12-10-37)47(64)57(5)42-16-19-58(20-17-42)31-38-26-45(48(49,50)51)46(56(4)29-38)32-61(35-63)43-8-6-7-36(25-43)15-18-55(3)34-54-53-2;1-2-3-4-5-6;1-2-4-3-1;1-3-2-4/h6-14,25-27,29,32-35,42,52H,2,15-24,28,30-31H2,1,3-5H3;5H,2-4H2,1H3;1-4H2;2H,1H3,(H,3,4)/b46-32-,54-34-;;;. The Bertz CT molecular complexity index is 2480. The molecule has 424 valence electrons. The Hall–Kier alpha value is -6.96. The van der Waals surface area contributed by atoms with Crippen LogP contribution < -0.4 is 20.4 Å². The number of halogens is 3.